The molecule has 0 aromatic heterocycles. The zero-order valence-corrected chi connectivity index (χ0v) is 23.1. The summed E-state index contributed by atoms with van der Waals surface area (Å²) in [5, 5.41) is 0. The summed E-state index contributed by atoms with van der Waals surface area (Å²) in [6, 6.07) is 5.19. The van der Waals surface area contributed by atoms with Gasteiger partial charge in [0.15, 0.2) is 0 Å². The Morgan fingerprint density at radius 1 is 0.973 bits per heavy atom. The fourth-order valence-corrected chi connectivity index (χ4v) is 7.93. The third-order valence-corrected chi connectivity index (χ3v) is 10.5. The van der Waals surface area contributed by atoms with Gasteiger partial charge < -0.3 is 19.4 Å². The lowest BCUT2D eigenvalue weighted by Gasteiger charge is -2.50. The molecule has 3 fully saturated rings. The molecule has 2 amide bonds. The van der Waals surface area contributed by atoms with Crippen molar-refractivity contribution in [1.29, 1.82) is 0 Å². The molecule has 1 aliphatic carbocycles. The molecule has 2 saturated heterocycles. The van der Waals surface area contributed by atoms with Crippen molar-refractivity contribution < 1.29 is 14.3 Å². The number of piperidine rings is 2. The highest BCUT2D eigenvalue weighted by atomic mass is 16.5. The molecule has 1 aromatic rings. The number of amides is 2. The highest BCUT2D eigenvalue weighted by molar-refractivity contribution is 5.91. The Morgan fingerprint density at radius 3 is 2.38 bits per heavy atom. The largest absolute Gasteiger partial charge is 0.485 e. The quantitative estimate of drug-likeness (QED) is 0.560. The van der Waals surface area contributed by atoms with E-state index in [-0.39, 0.29) is 12.0 Å². The predicted molar refractivity (Wildman–Crippen MR) is 144 cm³/mol. The molecule has 1 unspecified atom stereocenters. The van der Waals surface area contributed by atoms with E-state index in [2.05, 4.69) is 42.7 Å². The monoisotopic (exact) mass is 507 g/mol. The van der Waals surface area contributed by atoms with E-state index in [1.807, 2.05) is 4.90 Å². The molecule has 1 atom stereocenters. The Hall–Kier alpha value is -2.08. The second-order valence-electron chi connectivity index (χ2n) is 12.8. The number of nitrogens with zero attached hydrogens (tertiary/aromatic N) is 3. The molecule has 4 heterocycles. The Labute approximate surface area is 222 Å². The first-order valence-corrected chi connectivity index (χ1v) is 15.0. The minimum atomic E-state index is -0.435. The van der Waals surface area contributed by atoms with E-state index in [0.717, 1.165) is 62.9 Å². The minimum absolute atomic E-state index is 0.117. The van der Waals surface area contributed by atoms with E-state index in [0.29, 0.717) is 38.0 Å². The van der Waals surface area contributed by atoms with Gasteiger partial charge in [-0.2, -0.15) is 0 Å². The maximum Gasteiger partial charge on any atom is 0.233 e. The third-order valence-electron chi connectivity index (χ3n) is 10.5. The van der Waals surface area contributed by atoms with Crippen molar-refractivity contribution in [3.8, 4) is 5.75 Å². The van der Waals surface area contributed by atoms with Crippen molar-refractivity contribution in [3.05, 3.63) is 28.8 Å². The van der Waals surface area contributed by atoms with Crippen molar-refractivity contribution in [1.82, 2.24) is 14.7 Å². The molecule has 5 aliphatic rings. The average Bonchev–Trinajstić information content (AvgIpc) is 2.90. The number of benzene rings is 1. The van der Waals surface area contributed by atoms with Crippen LogP contribution in [0.3, 0.4) is 0 Å². The van der Waals surface area contributed by atoms with Gasteiger partial charge in [0.1, 0.15) is 11.9 Å². The smallest absolute Gasteiger partial charge is 0.233 e. The second kappa shape index (κ2) is 9.91. The summed E-state index contributed by atoms with van der Waals surface area (Å²) >= 11 is 0. The number of ether oxygens (including phenoxy) is 1. The highest BCUT2D eigenvalue weighted by Gasteiger charge is 2.50. The van der Waals surface area contributed by atoms with Crippen LogP contribution in [0.25, 0.3) is 0 Å². The maximum absolute atomic E-state index is 14.3. The Bertz CT molecular complexity index is 1040. The minimum Gasteiger partial charge on any atom is -0.485 e. The summed E-state index contributed by atoms with van der Waals surface area (Å²) in [5.74, 6) is 3.19. The summed E-state index contributed by atoms with van der Waals surface area (Å²) < 4.78 is 5.91. The van der Waals surface area contributed by atoms with Crippen LogP contribution in [0.15, 0.2) is 12.1 Å². The van der Waals surface area contributed by atoms with Crippen LogP contribution >= 0.6 is 0 Å². The number of likely N-dealkylation sites (tertiary alicyclic amines) is 2. The molecule has 0 radical (unpaired) electrons. The van der Waals surface area contributed by atoms with E-state index in [1.165, 1.54) is 42.4 Å². The van der Waals surface area contributed by atoms with Crippen LogP contribution < -0.4 is 4.74 Å². The van der Waals surface area contributed by atoms with Gasteiger partial charge in [0, 0.05) is 44.2 Å². The van der Waals surface area contributed by atoms with Gasteiger partial charge >= 0.3 is 0 Å². The zero-order chi connectivity index (χ0) is 25.7. The fourth-order valence-electron chi connectivity index (χ4n) is 7.93. The molecule has 1 spiro atoms. The molecule has 4 aliphatic heterocycles. The van der Waals surface area contributed by atoms with Crippen molar-refractivity contribution in [2.24, 2.45) is 11.8 Å². The molecular formula is C31H45N3O3. The first-order chi connectivity index (χ1) is 17.9. The van der Waals surface area contributed by atoms with Gasteiger partial charge in [0.2, 0.25) is 11.8 Å². The SMILES string of the molecule is CC1Oc2cc3c(cc21)C1(CCN(C2CCC(C(C)C)CC2)CC1)C(=O)N(CCN1CCCCC1=O)C3. The normalized spacial score (nSPS) is 29.7. The Balaban J connectivity index is 1.21. The highest BCUT2D eigenvalue weighted by Crippen LogP contribution is 2.49. The molecule has 1 aromatic carbocycles. The van der Waals surface area contributed by atoms with E-state index in [1.54, 1.807) is 0 Å². The standard InChI is InChI=1S/C31H45N3O3/c1-21(2)23-7-9-25(10-8-23)32-14-11-31(12-15-32)27-19-26-22(3)37-28(26)18-24(27)20-34(30(31)36)17-16-33-13-5-4-6-29(33)35/h18-19,21-23,25H,4-17,20H2,1-3H3. The number of fused-ring (bicyclic) bond motifs is 3. The molecule has 6 nitrogen and oxygen atoms in total. The van der Waals surface area contributed by atoms with E-state index in [9.17, 15) is 9.59 Å². The van der Waals surface area contributed by atoms with Crippen LogP contribution in [0.2, 0.25) is 0 Å². The van der Waals surface area contributed by atoms with Crippen LogP contribution in [-0.2, 0) is 21.5 Å². The summed E-state index contributed by atoms with van der Waals surface area (Å²) in [4.78, 5) is 33.4. The predicted octanol–water partition coefficient (Wildman–Crippen LogP) is 5.04. The molecule has 6 rings (SSSR count). The Kier molecular flexibility index (Phi) is 6.75. The number of carbonyl (C=O) groups excluding carboxylic acids is 2. The molecule has 6 heteroatoms. The van der Waals surface area contributed by atoms with Crippen LogP contribution in [0.4, 0.5) is 0 Å². The van der Waals surface area contributed by atoms with Gasteiger partial charge in [-0.3, -0.25) is 9.59 Å². The third kappa shape index (κ3) is 4.47. The summed E-state index contributed by atoms with van der Waals surface area (Å²) in [6.07, 6.45) is 9.93. The number of hydrogen-bond donors (Lipinski definition) is 0. The van der Waals surface area contributed by atoms with Crippen molar-refractivity contribution in [2.75, 3.05) is 32.7 Å². The number of hydrogen-bond acceptors (Lipinski definition) is 4. The number of carbonyl (C=O) groups is 2. The molecular weight excluding hydrogens is 462 g/mol. The first kappa shape index (κ1) is 25.2. The van der Waals surface area contributed by atoms with E-state index < -0.39 is 5.41 Å². The van der Waals surface area contributed by atoms with Crippen LogP contribution in [0.1, 0.15) is 101 Å². The van der Waals surface area contributed by atoms with Gasteiger partial charge in [-0.25, -0.2) is 0 Å². The molecule has 202 valence electrons. The zero-order valence-electron chi connectivity index (χ0n) is 23.1. The average molecular weight is 508 g/mol. The van der Waals surface area contributed by atoms with Gasteiger partial charge in [-0.15, -0.1) is 0 Å². The summed E-state index contributed by atoms with van der Waals surface area (Å²) in [6.45, 7) is 11.6. The maximum atomic E-state index is 14.3. The molecule has 1 saturated carbocycles. The first-order valence-electron chi connectivity index (χ1n) is 15.0. The molecule has 37 heavy (non-hydrogen) atoms. The van der Waals surface area contributed by atoms with E-state index >= 15 is 0 Å². The Morgan fingerprint density at radius 2 is 1.70 bits per heavy atom. The lowest BCUT2D eigenvalue weighted by atomic mass is 9.66. The second-order valence-corrected chi connectivity index (χ2v) is 12.8. The lowest BCUT2D eigenvalue weighted by molar-refractivity contribution is -0.144. The van der Waals surface area contributed by atoms with Gasteiger partial charge in [0.05, 0.1) is 5.41 Å². The fraction of sp³-hybridized carbons (Fsp3) is 0.742. The van der Waals surface area contributed by atoms with Crippen LogP contribution in [-0.4, -0.2) is 65.3 Å². The lowest BCUT2D eigenvalue weighted by Crippen LogP contribution is -2.58. The topological polar surface area (TPSA) is 53.1 Å². The number of rotatable bonds is 5. The van der Waals surface area contributed by atoms with Crippen molar-refractivity contribution >= 4 is 11.8 Å². The van der Waals surface area contributed by atoms with E-state index in [4.69, 9.17) is 4.74 Å². The van der Waals surface area contributed by atoms with Crippen LogP contribution in [0.5, 0.6) is 5.75 Å². The van der Waals surface area contributed by atoms with Crippen molar-refractivity contribution in [2.45, 2.75) is 103 Å². The van der Waals surface area contributed by atoms with Gasteiger partial charge in [0.25, 0.3) is 0 Å². The summed E-state index contributed by atoms with van der Waals surface area (Å²) in [5.41, 5.74) is 3.34. The molecule has 0 N–H and O–H groups in total. The van der Waals surface area contributed by atoms with Crippen LogP contribution in [0, 0.1) is 11.8 Å². The molecule has 0 bridgehead atoms. The summed E-state index contributed by atoms with van der Waals surface area (Å²) in [7, 11) is 0. The van der Waals surface area contributed by atoms with Crippen molar-refractivity contribution in [3.63, 3.8) is 0 Å². The van der Waals surface area contributed by atoms with Gasteiger partial charge in [-0.1, -0.05) is 13.8 Å². The van der Waals surface area contributed by atoms with Gasteiger partial charge in [-0.05, 0) is 106 Å².